The lowest BCUT2D eigenvalue weighted by atomic mass is 9.90. The molecule has 0 saturated heterocycles. The van der Waals surface area contributed by atoms with Gasteiger partial charge in [0.1, 0.15) is 12.5 Å². The summed E-state index contributed by atoms with van der Waals surface area (Å²) in [6, 6.07) is 9.39. The minimum atomic E-state index is -0.546. The number of amidine groups is 1. The van der Waals surface area contributed by atoms with Gasteiger partial charge in [0.2, 0.25) is 0 Å². The molecule has 0 unspecified atom stereocenters. The topological polar surface area (TPSA) is 59.9 Å². The molecule has 118 valence electrons. The number of carbonyl (C=O) groups excluding carboxylic acids is 1. The first-order chi connectivity index (χ1) is 10.7. The number of esters is 1. The number of hydrogen-bond donors (Lipinski definition) is 1. The Balaban J connectivity index is 2.26. The molecule has 2 atom stereocenters. The predicted molar refractivity (Wildman–Crippen MR) is 88.7 cm³/mol. The smallest absolute Gasteiger partial charge is 0.317 e. The zero-order chi connectivity index (χ0) is 15.9. The molecule has 0 radical (unpaired) electrons. The summed E-state index contributed by atoms with van der Waals surface area (Å²) in [4.78, 5) is 17.0. The van der Waals surface area contributed by atoms with Crippen LogP contribution in [0.15, 0.2) is 47.6 Å². The molecule has 1 aromatic carbocycles. The SMILES string of the molecule is C=C1NC(SC)=N[C@H](c2ccccc2)[C@H]1C(=O)OCCOC. The second-order valence-corrected chi connectivity index (χ2v) is 5.58. The number of thioether (sulfide) groups is 1. The summed E-state index contributed by atoms with van der Waals surface area (Å²) in [5.74, 6) is -0.887. The van der Waals surface area contributed by atoms with Crippen LogP contribution in [0, 0.1) is 5.92 Å². The van der Waals surface area contributed by atoms with Gasteiger partial charge >= 0.3 is 5.97 Å². The fraction of sp³-hybridized carbons (Fsp3) is 0.375. The van der Waals surface area contributed by atoms with E-state index in [-0.39, 0.29) is 18.6 Å². The first-order valence-corrected chi connectivity index (χ1v) is 8.18. The zero-order valence-corrected chi connectivity index (χ0v) is 13.6. The van der Waals surface area contributed by atoms with Gasteiger partial charge in [-0.2, -0.15) is 0 Å². The third-order valence-corrected chi connectivity index (χ3v) is 3.93. The first-order valence-electron chi connectivity index (χ1n) is 6.95. The highest BCUT2D eigenvalue weighted by atomic mass is 32.2. The van der Waals surface area contributed by atoms with E-state index in [2.05, 4.69) is 16.9 Å². The van der Waals surface area contributed by atoms with Gasteiger partial charge in [-0.15, -0.1) is 0 Å². The van der Waals surface area contributed by atoms with Crippen LogP contribution in [0.2, 0.25) is 0 Å². The average molecular weight is 320 g/mol. The number of hydrogen-bond acceptors (Lipinski definition) is 6. The maximum absolute atomic E-state index is 12.4. The molecule has 1 aliphatic rings. The van der Waals surface area contributed by atoms with E-state index < -0.39 is 5.92 Å². The minimum absolute atomic E-state index is 0.222. The number of nitrogens with one attached hydrogen (secondary N) is 1. The third kappa shape index (κ3) is 3.90. The van der Waals surface area contributed by atoms with Crippen LogP contribution in [0.1, 0.15) is 11.6 Å². The van der Waals surface area contributed by atoms with Crippen LogP contribution >= 0.6 is 11.8 Å². The molecule has 0 aromatic heterocycles. The van der Waals surface area contributed by atoms with Gasteiger partial charge in [-0.05, 0) is 11.8 Å². The van der Waals surface area contributed by atoms with E-state index in [4.69, 9.17) is 9.47 Å². The predicted octanol–water partition coefficient (Wildman–Crippen LogP) is 2.37. The van der Waals surface area contributed by atoms with E-state index in [1.165, 1.54) is 11.8 Å². The monoisotopic (exact) mass is 320 g/mol. The molecule has 22 heavy (non-hydrogen) atoms. The molecular weight excluding hydrogens is 300 g/mol. The van der Waals surface area contributed by atoms with Gasteiger partial charge in [0, 0.05) is 12.8 Å². The van der Waals surface area contributed by atoms with Crippen molar-refractivity contribution in [2.45, 2.75) is 6.04 Å². The molecular formula is C16H20N2O3S. The van der Waals surface area contributed by atoms with E-state index in [1.54, 1.807) is 7.11 Å². The van der Waals surface area contributed by atoms with E-state index in [9.17, 15) is 4.79 Å². The minimum Gasteiger partial charge on any atom is -0.463 e. The number of nitrogens with zero attached hydrogens (tertiary/aromatic N) is 1. The van der Waals surface area contributed by atoms with E-state index in [0.29, 0.717) is 12.3 Å². The van der Waals surface area contributed by atoms with Gasteiger partial charge in [0.15, 0.2) is 5.17 Å². The van der Waals surface area contributed by atoms with Gasteiger partial charge in [-0.25, -0.2) is 0 Å². The van der Waals surface area contributed by atoms with Crippen molar-refractivity contribution >= 4 is 22.9 Å². The molecule has 1 aliphatic heterocycles. The van der Waals surface area contributed by atoms with Crippen molar-refractivity contribution in [3.8, 4) is 0 Å². The highest BCUT2D eigenvalue weighted by Gasteiger charge is 2.37. The van der Waals surface area contributed by atoms with Crippen molar-refractivity contribution in [2.24, 2.45) is 10.9 Å². The van der Waals surface area contributed by atoms with Crippen LogP contribution in [0.3, 0.4) is 0 Å². The fourth-order valence-corrected chi connectivity index (χ4v) is 2.70. The highest BCUT2D eigenvalue weighted by molar-refractivity contribution is 8.13. The van der Waals surface area contributed by atoms with Gasteiger partial charge < -0.3 is 14.8 Å². The summed E-state index contributed by atoms with van der Waals surface area (Å²) in [5.41, 5.74) is 1.57. The number of rotatable bonds is 5. The van der Waals surface area contributed by atoms with Gasteiger partial charge in [-0.3, -0.25) is 9.79 Å². The van der Waals surface area contributed by atoms with Crippen molar-refractivity contribution in [1.82, 2.24) is 5.32 Å². The summed E-state index contributed by atoms with van der Waals surface area (Å²) < 4.78 is 10.2. The molecule has 0 fully saturated rings. The lowest BCUT2D eigenvalue weighted by Gasteiger charge is -2.30. The molecule has 6 heteroatoms. The summed E-state index contributed by atoms with van der Waals surface area (Å²) in [6.45, 7) is 4.57. The molecule has 0 aliphatic carbocycles. The normalized spacial score (nSPS) is 21.0. The van der Waals surface area contributed by atoms with Crippen LogP contribution in [0.25, 0.3) is 0 Å². The van der Waals surface area contributed by atoms with Gasteiger partial charge in [0.05, 0.1) is 12.6 Å². The molecule has 0 spiro atoms. The van der Waals surface area contributed by atoms with Gasteiger partial charge in [0.25, 0.3) is 0 Å². The quantitative estimate of drug-likeness (QED) is 0.667. The number of aliphatic imine (C=N–C) groups is 1. The van der Waals surface area contributed by atoms with Crippen LogP contribution in [0.5, 0.6) is 0 Å². The van der Waals surface area contributed by atoms with E-state index in [0.717, 1.165) is 10.7 Å². The fourth-order valence-electron chi connectivity index (χ4n) is 2.25. The van der Waals surface area contributed by atoms with E-state index in [1.807, 2.05) is 36.6 Å². The Bertz CT molecular complexity index is 560. The van der Waals surface area contributed by atoms with Crippen LogP contribution in [-0.2, 0) is 14.3 Å². The molecule has 1 N–H and O–H groups in total. The number of benzene rings is 1. The lowest BCUT2D eigenvalue weighted by molar-refractivity contribution is -0.149. The summed E-state index contributed by atoms with van der Waals surface area (Å²) in [7, 11) is 1.57. The number of ether oxygens (including phenoxy) is 2. The number of methoxy groups -OCH3 is 1. The molecule has 0 amide bonds. The Hall–Kier alpha value is -1.79. The molecule has 0 bridgehead atoms. The highest BCUT2D eigenvalue weighted by Crippen LogP contribution is 2.34. The number of carbonyl (C=O) groups is 1. The zero-order valence-electron chi connectivity index (χ0n) is 12.7. The largest absolute Gasteiger partial charge is 0.463 e. The van der Waals surface area contributed by atoms with Crippen LogP contribution < -0.4 is 5.32 Å². The average Bonchev–Trinajstić information content (AvgIpc) is 2.55. The second kappa shape index (κ2) is 8.00. The van der Waals surface area contributed by atoms with E-state index >= 15 is 0 Å². The Morgan fingerprint density at radius 2 is 2.09 bits per heavy atom. The standard InChI is InChI=1S/C16H20N2O3S/c1-11-13(15(19)21-10-9-20-2)14(18-16(17-11)22-3)12-7-5-4-6-8-12/h4-8,13-14H,1,9-10H2,2-3H3,(H,17,18)/t13-,14+/m0/s1. The van der Waals surface area contributed by atoms with Crippen molar-refractivity contribution in [3.05, 3.63) is 48.2 Å². The Morgan fingerprint density at radius 3 is 2.73 bits per heavy atom. The molecule has 1 heterocycles. The third-order valence-electron chi connectivity index (χ3n) is 3.34. The summed E-state index contributed by atoms with van der Waals surface area (Å²) in [5, 5.41) is 3.82. The Morgan fingerprint density at radius 1 is 1.36 bits per heavy atom. The first kappa shape index (κ1) is 16.6. The second-order valence-electron chi connectivity index (χ2n) is 4.78. The van der Waals surface area contributed by atoms with Crippen molar-refractivity contribution in [2.75, 3.05) is 26.6 Å². The van der Waals surface area contributed by atoms with Crippen LogP contribution in [0.4, 0.5) is 0 Å². The Labute approximate surface area is 134 Å². The van der Waals surface area contributed by atoms with Gasteiger partial charge in [-0.1, -0.05) is 48.7 Å². The van der Waals surface area contributed by atoms with Crippen molar-refractivity contribution in [1.29, 1.82) is 0 Å². The lowest BCUT2D eigenvalue weighted by Crippen LogP contribution is -2.38. The molecule has 0 saturated carbocycles. The van der Waals surface area contributed by atoms with Crippen molar-refractivity contribution < 1.29 is 14.3 Å². The Kier molecular flexibility index (Phi) is 6.03. The van der Waals surface area contributed by atoms with Crippen molar-refractivity contribution in [3.63, 3.8) is 0 Å². The summed E-state index contributed by atoms with van der Waals surface area (Å²) in [6.07, 6.45) is 1.93. The maximum atomic E-state index is 12.4. The maximum Gasteiger partial charge on any atom is 0.317 e. The summed E-state index contributed by atoms with van der Waals surface area (Å²) >= 11 is 1.49. The molecule has 2 rings (SSSR count). The molecule has 5 nitrogen and oxygen atoms in total. The molecule has 1 aromatic rings. The van der Waals surface area contributed by atoms with Crippen LogP contribution in [-0.4, -0.2) is 37.7 Å².